The summed E-state index contributed by atoms with van der Waals surface area (Å²) in [7, 11) is 4.42. The zero-order valence-electron chi connectivity index (χ0n) is 19.7. The molecule has 1 saturated heterocycles. The van der Waals surface area contributed by atoms with Crippen molar-refractivity contribution >= 4 is 29.3 Å². The van der Waals surface area contributed by atoms with Gasteiger partial charge < -0.3 is 29.7 Å². The Morgan fingerprint density at radius 3 is 2.44 bits per heavy atom. The van der Waals surface area contributed by atoms with Crippen LogP contribution in [0.4, 0.5) is 17.5 Å². The Bertz CT molecular complexity index is 1140. The fourth-order valence-corrected chi connectivity index (χ4v) is 4.51. The molecule has 0 saturated carbocycles. The summed E-state index contributed by atoms with van der Waals surface area (Å²) in [5.41, 5.74) is 0.0657. The first-order valence-corrected chi connectivity index (χ1v) is 11.2. The van der Waals surface area contributed by atoms with Crippen molar-refractivity contribution in [2.45, 2.75) is 44.6 Å². The number of methoxy groups -OCH3 is 3. The first kappa shape index (κ1) is 23.4. The molecule has 11 nitrogen and oxygen atoms in total. The number of aromatic nitrogens is 2. The molecular formula is C23H29N5O6. The summed E-state index contributed by atoms with van der Waals surface area (Å²) >= 11 is 0. The highest BCUT2D eigenvalue weighted by atomic mass is 16.5. The predicted molar refractivity (Wildman–Crippen MR) is 126 cm³/mol. The van der Waals surface area contributed by atoms with Crippen molar-refractivity contribution < 1.29 is 23.8 Å². The van der Waals surface area contributed by atoms with E-state index >= 15 is 0 Å². The van der Waals surface area contributed by atoms with Gasteiger partial charge in [0.1, 0.15) is 5.82 Å². The summed E-state index contributed by atoms with van der Waals surface area (Å²) in [5, 5.41) is 5.42. The number of amides is 2. The first-order chi connectivity index (χ1) is 16.4. The van der Waals surface area contributed by atoms with Gasteiger partial charge in [0.05, 0.1) is 32.8 Å². The summed E-state index contributed by atoms with van der Waals surface area (Å²) in [4.78, 5) is 48.1. The molecule has 2 aliphatic rings. The molecule has 2 aromatic rings. The molecule has 0 spiro atoms. The van der Waals surface area contributed by atoms with Crippen molar-refractivity contribution in [2.24, 2.45) is 0 Å². The minimum atomic E-state index is -1.01. The van der Waals surface area contributed by atoms with E-state index in [1.54, 1.807) is 12.1 Å². The maximum Gasteiger partial charge on any atom is 0.258 e. The maximum atomic E-state index is 13.2. The summed E-state index contributed by atoms with van der Waals surface area (Å²) < 4.78 is 16.0. The van der Waals surface area contributed by atoms with Crippen LogP contribution in [-0.2, 0) is 9.59 Å². The highest BCUT2D eigenvalue weighted by Crippen LogP contribution is 2.40. The number of hydrogen-bond acceptors (Lipinski definition) is 8. The quantitative estimate of drug-likeness (QED) is 0.584. The van der Waals surface area contributed by atoms with Crippen LogP contribution in [-0.4, -0.2) is 55.7 Å². The number of ether oxygens (including phenoxy) is 3. The van der Waals surface area contributed by atoms with Crippen molar-refractivity contribution in [3.8, 4) is 17.2 Å². The molecule has 1 aromatic heterocycles. The number of fused-ring (bicyclic) bond motifs is 1. The third kappa shape index (κ3) is 4.37. The molecule has 0 radical (unpaired) electrons. The standard InChI is InChI=1S/C23H29N5O6/c1-12-7-5-6-8-28(12)23-26-20-18(22(31)27-23)14(11-17(29)25-20)21(30)24-13-9-15(32-2)19(34-4)16(10-13)33-3/h9-10,12,14H,5-8,11H2,1-4H3,(H,24,30)(H2,25,26,27,29,31). The van der Waals surface area contributed by atoms with Crippen LogP contribution in [0.2, 0.25) is 0 Å². The van der Waals surface area contributed by atoms with Crippen LogP contribution >= 0.6 is 0 Å². The van der Waals surface area contributed by atoms with Gasteiger partial charge in [0.15, 0.2) is 11.5 Å². The topological polar surface area (TPSA) is 135 Å². The third-order valence-electron chi connectivity index (χ3n) is 6.26. The number of anilines is 3. The molecule has 182 valence electrons. The predicted octanol–water partition coefficient (Wildman–Crippen LogP) is 2.24. The average Bonchev–Trinajstić information content (AvgIpc) is 2.82. The lowest BCUT2D eigenvalue weighted by Gasteiger charge is -2.34. The van der Waals surface area contributed by atoms with Crippen LogP contribution in [0.5, 0.6) is 17.2 Å². The highest BCUT2D eigenvalue weighted by molar-refractivity contribution is 6.04. The van der Waals surface area contributed by atoms with Crippen LogP contribution in [0.15, 0.2) is 16.9 Å². The summed E-state index contributed by atoms with van der Waals surface area (Å²) in [6.07, 6.45) is 2.94. The van der Waals surface area contributed by atoms with Crippen molar-refractivity contribution in [1.82, 2.24) is 9.97 Å². The van der Waals surface area contributed by atoms with Crippen LogP contribution in [0.3, 0.4) is 0 Å². The Morgan fingerprint density at radius 1 is 1.12 bits per heavy atom. The van der Waals surface area contributed by atoms with Gasteiger partial charge in [-0.1, -0.05) is 0 Å². The highest BCUT2D eigenvalue weighted by Gasteiger charge is 2.36. The molecule has 1 fully saturated rings. The van der Waals surface area contributed by atoms with E-state index in [9.17, 15) is 14.4 Å². The molecule has 1 aromatic carbocycles. The maximum absolute atomic E-state index is 13.2. The van der Waals surface area contributed by atoms with E-state index in [2.05, 4.69) is 27.5 Å². The lowest BCUT2D eigenvalue weighted by atomic mass is 9.92. The zero-order valence-corrected chi connectivity index (χ0v) is 19.7. The largest absolute Gasteiger partial charge is 0.493 e. The van der Waals surface area contributed by atoms with E-state index in [1.807, 2.05) is 4.90 Å². The first-order valence-electron chi connectivity index (χ1n) is 11.2. The number of hydrogen-bond donors (Lipinski definition) is 3. The minimum Gasteiger partial charge on any atom is -0.493 e. The lowest BCUT2D eigenvalue weighted by Crippen LogP contribution is -2.42. The van der Waals surface area contributed by atoms with E-state index in [4.69, 9.17) is 14.2 Å². The number of carbonyl (C=O) groups excluding carboxylic acids is 2. The van der Waals surface area contributed by atoms with Gasteiger partial charge in [-0.2, -0.15) is 4.98 Å². The van der Waals surface area contributed by atoms with Crippen molar-refractivity contribution in [3.63, 3.8) is 0 Å². The molecular weight excluding hydrogens is 442 g/mol. The number of H-pyrrole nitrogens is 1. The van der Waals surface area contributed by atoms with Crippen molar-refractivity contribution in [1.29, 1.82) is 0 Å². The van der Waals surface area contributed by atoms with Gasteiger partial charge in [-0.25, -0.2) is 0 Å². The normalized spacial score (nSPS) is 19.6. The fourth-order valence-electron chi connectivity index (χ4n) is 4.51. The number of rotatable bonds is 6. The Hall–Kier alpha value is -3.76. The molecule has 4 rings (SSSR count). The molecule has 3 N–H and O–H groups in total. The summed E-state index contributed by atoms with van der Waals surface area (Å²) in [6.45, 7) is 2.84. The van der Waals surface area contributed by atoms with Crippen LogP contribution < -0.4 is 35.3 Å². The monoisotopic (exact) mass is 471 g/mol. The molecule has 11 heteroatoms. The van der Waals surface area contributed by atoms with E-state index in [0.717, 1.165) is 25.8 Å². The Balaban J connectivity index is 1.66. The molecule has 34 heavy (non-hydrogen) atoms. The Kier molecular flexibility index (Phi) is 6.62. The smallest absolute Gasteiger partial charge is 0.258 e. The second-order valence-corrected chi connectivity index (χ2v) is 8.40. The van der Waals surface area contributed by atoms with Crippen LogP contribution in [0.1, 0.15) is 44.1 Å². The second kappa shape index (κ2) is 9.62. The minimum absolute atomic E-state index is 0.123. The average molecular weight is 472 g/mol. The van der Waals surface area contributed by atoms with Crippen LogP contribution in [0.25, 0.3) is 0 Å². The van der Waals surface area contributed by atoms with Crippen molar-refractivity contribution in [2.75, 3.05) is 43.4 Å². The molecule has 2 amide bonds. The van der Waals surface area contributed by atoms with Gasteiger partial charge >= 0.3 is 0 Å². The van der Waals surface area contributed by atoms with Gasteiger partial charge in [0, 0.05) is 36.8 Å². The molecule has 2 aliphatic heterocycles. The summed E-state index contributed by atoms with van der Waals surface area (Å²) in [5.74, 6) is -0.278. The van der Waals surface area contributed by atoms with Gasteiger partial charge in [-0.05, 0) is 26.2 Å². The molecule has 0 bridgehead atoms. The number of piperidine rings is 1. The summed E-state index contributed by atoms with van der Waals surface area (Å²) in [6, 6.07) is 3.37. The van der Waals surface area contributed by atoms with Gasteiger partial charge in [0.25, 0.3) is 5.56 Å². The lowest BCUT2D eigenvalue weighted by molar-refractivity contribution is -0.123. The molecule has 0 aliphatic carbocycles. The van der Waals surface area contributed by atoms with E-state index < -0.39 is 17.4 Å². The third-order valence-corrected chi connectivity index (χ3v) is 6.26. The van der Waals surface area contributed by atoms with Crippen LogP contribution in [0, 0.1) is 0 Å². The van der Waals surface area contributed by atoms with E-state index in [1.165, 1.54) is 21.3 Å². The molecule has 3 heterocycles. The number of benzene rings is 1. The zero-order chi connectivity index (χ0) is 24.4. The van der Waals surface area contributed by atoms with Gasteiger partial charge in [-0.15, -0.1) is 0 Å². The van der Waals surface area contributed by atoms with Gasteiger partial charge in [0.2, 0.25) is 23.5 Å². The molecule has 2 atom stereocenters. The molecule has 2 unspecified atom stereocenters. The fraction of sp³-hybridized carbons (Fsp3) is 0.478. The van der Waals surface area contributed by atoms with E-state index in [0.29, 0.717) is 28.9 Å². The number of aromatic amines is 1. The Labute approximate surface area is 196 Å². The Morgan fingerprint density at radius 2 is 1.82 bits per heavy atom. The SMILES string of the molecule is COc1cc(NC(=O)C2CC(=O)Nc3nc(N4CCCCC4C)[nH]c(=O)c32)cc(OC)c1OC. The van der Waals surface area contributed by atoms with Gasteiger partial charge in [-0.3, -0.25) is 19.4 Å². The second-order valence-electron chi connectivity index (χ2n) is 8.40. The van der Waals surface area contributed by atoms with Crippen molar-refractivity contribution in [3.05, 3.63) is 28.0 Å². The number of nitrogens with one attached hydrogen (secondary N) is 3. The van der Waals surface area contributed by atoms with E-state index in [-0.39, 0.29) is 29.8 Å². The number of carbonyl (C=O) groups is 2. The number of nitrogens with zero attached hydrogens (tertiary/aromatic N) is 2.